The van der Waals surface area contributed by atoms with Gasteiger partial charge >= 0.3 is 0 Å². The first-order valence-corrected chi connectivity index (χ1v) is 9.23. The molecule has 16 heavy (non-hydrogen) atoms. The summed E-state index contributed by atoms with van der Waals surface area (Å²) in [6.07, 6.45) is 11.1. The van der Waals surface area contributed by atoms with Crippen LogP contribution in [0.2, 0.25) is 23.7 Å². The summed E-state index contributed by atoms with van der Waals surface area (Å²) < 4.78 is 0. The largest absolute Gasteiger partial charge is 0.295 e. The van der Waals surface area contributed by atoms with Gasteiger partial charge < -0.3 is 0 Å². The first-order valence-electron chi connectivity index (χ1n) is 6.53. The van der Waals surface area contributed by atoms with Gasteiger partial charge in [-0.25, -0.2) is 0 Å². The Kier molecular flexibility index (Phi) is 3.48. The zero-order valence-electron chi connectivity index (χ0n) is 10.4. The average molecular weight is 234 g/mol. The fraction of sp³-hybridized carbons (Fsp3) is 0.643. The molecule has 1 spiro atoms. The third-order valence-corrected chi connectivity index (χ3v) is 10.3. The SMILES string of the molecule is C/C=C/C(=O)C1C(C)C=CC[Si]12CCCC2. The van der Waals surface area contributed by atoms with Crippen molar-refractivity contribution in [3.05, 3.63) is 24.3 Å². The lowest BCUT2D eigenvalue weighted by Gasteiger charge is -2.39. The topological polar surface area (TPSA) is 17.1 Å². The van der Waals surface area contributed by atoms with Gasteiger partial charge in [-0.05, 0) is 25.0 Å². The smallest absolute Gasteiger partial charge is 0.156 e. The van der Waals surface area contributed by atoms with Crippen LogP contribution in [0.4, 0.5) is 0 Å². The lowest BCUT2D eigenvalue weighted by molar-refractivity contribution is -0.115. The van der Waals surface area contributed by atoms with Gasteiger partial charge in [0.2, 0.25) is 0 Å². The molecule has 1 nitrogen and oxygen atoms in total. The summed E-state index contributed by atoms with van der Waals surface area (Å²) in [4.78, 5) is 12.3. The zero-order chi connectivity index (χ0) is 11.6. The van der Waals surface area contributed by atoms with E-state index in [9.17, 15) is 4.79 Å². The van der Waals surface area contributed by atoms with Crippen molar-refractivity contribution >= 4 is 13.9 Å². The van der Waals surface area contributed by atoms with Crippen molar-refractivity contribution in [1.29, 1.82) is 0 Å². The van der Waals surface area contributed by atoms with Crippen LogP contribution in [0.25, 0.3) is 0 Å². The number of ketones is 1. The van der Waals surface area contributed by atoms with Gasteiger partial charge in [-0.1, -0.05) is 50.1 Å². The van der Waals surface area contributed by atoms with E-state index in [-0.39, 0.29) is 0 Å². The van der Waals surface area contributed by atoms with E-state index in [0.717, 1.165) is 0 Å². The quantitative estimate of drug-likeness (QED) is 0.402. The predicted octanol–water partition coefficient (Wildman–Crippen LogP) is 3.95. The Morgan fingerprint density at radius 2 is 2.06 bits per heavy atom. The Bertz CT molecular complexity index is 324. The lowest BCUT2D eigenvalue weighted by atomic mass is 10.0. The highest BCUT2D eigenvalue weighted by atomic mass is 28.3. The number of allylic oxidation sites excluding steroid dienone is 4. The first kappa shape index (κ1) is 11.8. The van der Waals surface area contributed by atoms with E-state index in [1.807, 2.05) is 19.1 Å². The van der Waals surface area contributed by atoms with Gasteiger partial charge in [0, 0.05) is 5.54 Å². The minimum Gasteiger partial charge on any atom is -0.295 e. The molecular formula is C14H22OSi. The molecule has 0 saturated carbocycles. The van der Waals surface area contributed by atoms with Crippen molar-refractivity contribution in [2.45, 2.75) is 50.4 Å². The maximum Gasteiger partial charge on any atom is 0.156 e. The van der Waals surface area contributed by atoms with E-state index in [1.54, 1.807) is 0 Å². The lowest BCUT2D eigenvalue weighted by Crippen LogP contribution is -2.44. The van der Waals surface area contributed by atoms with E-state index < -0.39 is 8.07 Å². The number of hydrogen-bond acceptors (Lipinski definition) is 1. The van der Waals surface area contributed by atoms with Crippen LogP contribution >= 0.6 is 0 Å². The zero-order valence-corrected chi connectivity index (χ0v) is 11.4. The Morgan fingerprint density at radius 1 is 1.38 bits per heavy atom. The Balaban J connectivity index is 2.29. The Hall–Kier alpha value is -0.633. The highest BCUT2D eigenvalue weighted by Gasteiger charge is 2.48. The van der Waals surface area contributed by atoms with E-state index in [0.29, 0.717) is 17.2 Å². The summed E-state index contributed by atoms with van der Waals surface area (Å²) in [6, 6.07) is 4.02. The van der Waals surface area contributed by atoms with Gasteiger partial charge in [-0.15, -0.1) is 0 Å². The van der Waals surface area contributed by atoms with Crippen LogP contribution in [0, 0.1) is 5.92 Å². The van der Waals surface area contributed by atoms with E-state index in [4.69, 9.17) is 0 Å². The van der Waals surface area contributed by atoms with Crippen LogP contribution < -0.4 is 0 Å². The minimum absolute atomic E-state index is 0.371. The molecule has 2 unspecified atom stereocenters. The molecule has 88 valence electrons. The molecule has 1 fully saturated rings. The number of rotatable bonds is 2. The van der Waals surface area contributed by atoms with Gasteiger partial charge in [0.1, 0.15) is 0 Å². The summed E-state index contributed by atoms with van der Waals surface area (Å²) >= 11 is 0. The second-order valence-corrected chi connectivity index (χ2v) is 10.2. The van der Waals surface area contributed by atoms with Gasteiger partial charge in [0.25, 0.3) is 0 Å². The number of carbonyl (C=O) groups excluding carboxylic acids is 1. The third-order valence-electron chi connectivity index (χ3n) is 4.39. The van der Waals surface area contributed by atoms with Crippen molar-refractivity contribution < 1.29 is 4.79 Å². The molecule has 0 aromatic heterocycles. The monoisotopic (exact) mass is 234 g/mol. The van der Waals surface area contributed by atoms with Crippen LogP contribution in [-0.2, 0) is 4.79 Å². The molecule has 0 amide bonds. The van der Waals surface area contributed by atoms with E-state index >= 15 is 0 Å². The van der Waals surface area contributed by atoms with Crippen molar-refractivity contribution in [1.82, 2.24) is 0 Å². The van der Waals surface area contributed by atoms with Crippen LogP contribution in [0.3, 0.4) is 0 Å². The van der Waals surface area contributed by atoms with Crippen molar-refractivity contribution in [2.24, 2.45) is 5.92 Å². The molecule has 2 aliphatic rings. The maximum atomic E-state index is 12.3. The molecule has 0 bridgehead atoms. The average Bonchev–Trinajstić information content (AvgIpc) is 2.67. The van der Waals surface area contributed by atoms with Gasteiger partial charge in [-0.3, -0.25) is 4.79 Å². The predicted molar refractivity (Wildman–Crippen MR) is 71.3 cm³/mol. The molecule has 0 aliphatic carbocycles. The Labute approximate surface area is 99.6 Å². The molecule has 0 radical (unpaired) electrons. The summed E-state index contributed by atoms with van der Waals surface area (Å²) in [7, 11) is -1.30. The molecule has 2 heterocycles. The van der Waals surface area contributed by atoms with E-state index in [2.05, 4.69) is 19.1 Å². The maximum absolute atomic E-state index is 12.3. The fourth-order valence-electron chi connectivity index (χ4n) is 3.74. The number of hydrogen-bond donors (Lipinski definition) is 0. The standard InChI is InChI=1S/C14H22OSi/c1-3-7-13(15)14-12(2)8-6-11-16(14)9-4-5-10-16/h3,6-8,12,14H,4-5,9-11H2,1-2H3/b7-3+. The third kappa shape index (κ3) is 1.95. The molecule has 2 heteroatoms. The van der Waals surface area contributed by atoms with Crippen LogP contribution in [0.1, 0.15) is 26.7 Å². The van der Waals surface area contributed by atoms with Gasteiger partial charge in [0.05, 0.1) is 8.07 Å². The normalized spacial score (nSPS) is 32.6. The van der Waals surface area contributed by atoms with Gasteiger partial charge in [0.15, 0.2) is 5.78 Å². The molecule has 1 saturated heterocycles. The highest BCUT2D eigenvalue weighted by molar-refractivity contribution is 6.85. The van der Waals surface area contributed by atoms with Crippen molar-refractivity contribution in [3.63, 3.8) is 0 Å². The molecular weight excluding hydrogens is 212 g/mol. The van der Waals surface area contributed by atoms with Crippen LogP contribution in [0.5, 0.6) is 0 Å². The molecule has 0 aromatic rings. The second kappa shape index (κ2) is 4.70. The van der Waals surface area contributed by atoms with Crippen molar-refractivity contribution in [3.8, 4) is 0 Å². The molecule has 2 atom stereocenters. The highest BCUT2D eigenvalue weighted by Crippen LogP contribution is 2.49. The molecule has 2 rings (SSSR count). The first-order chi connectivity index (χ1) is 7.69. The van der Waals surface area contributed by atoms with E-state index in [1.165, 1.54) is 31.0 Å². The van der Waals surface area contributed by atoms with Crippen LogP contribution in [-0.4, -0.2) is 13.9 Å². The Morgan fingerprint density at radius 3 is 2.69 bits per heavy atom. The fourth-order valence-corrected chi connectivity index (χ4v) is 9.71. The summed E-state index contributed by atoms with van der Waals surface area (Å²) in [5, 5.41) is 0. The molecule has 2 aliphatic heterocycles. The molecule has 0 N–H and O–H groups in total. The molecule has 0 aromatic carbocycles. The second-order valence-electron chi connectivity index (χ2n) is 5.44. The van der Waals surface area contributed by atoms with Gasteiger partial charge in [-0.2, -0.15) is 0 Å². The van der Waals surface area contributed by atoms with Crippen LogP contribution in [0.15, 0.2) is 24.3 Å². The number of carbonyl (C=O) groups is 1. The van der Waals surface area contributed by atoms with Crippen molar-refractivity contribution in [2.75, 3.05) is 0 Å². The summed E-state index contributed by atoms with van der Waals surface area (Å²) in [5.41, 5.74) is 0.371. The summed E-state index contributed by atoms with van der Waals surface area (Å²) in [5.74, 6) is 0.884. The minimum atomic E-state index is -1.30. The summed E-state index contributed by atoms with van der Waals surface area (Å²) in [6.45, 7) is 4.18.